The summed E-state index contributed by atoms with van der Waals surface area (Å²) in [6, 6.07) is 6.10. The van der Waals surface area contributed by atoms with Crippen LogP contribution in [0.5, 0.6) is 0 Å². The van der Waals surface area contributed by atoms with E-state index in [1.165, 1.54) is 5.56 Å². The first-order valence-electron chi connectivity index (χ1n) is 6.17. The van der Waals surface area contributed by atoms with Crippen LogP contribution in [-0.4, -0.2) is 47.2 Å². The summed E-state index contributed by atoms with van der Waals surface area (Å²) in [5.74, 6) is 0. The first-order chi connectivity index (χ1) is 8.74. The summed E-state index contributed by atoms with van der Waals surface area (Å²) in [7, 11) is 0. The molecule has 5 heteroatoms. The van der Waals surface area contributed by atoms with Crippen molar-refractivity contribution >= 4 is 5.69 Å². The monoisotopic (exact) mass is 252 g/mol. The third-order valence-corrected chi connectivity index (χ3v) is 3.49. The lowest BCUT2D eigenvalue weighted by molar-refractivity contribution is 0.0414. The van der Waals surface area contributed by atoms with Gasteiger partial charge in [0, 0.05) is 18.8 Å². The van der Waals surface area contributed by atoms with E-state index in [1.54, 1.807) is 0 Å². The van der Waals surface area contributed by atoms with Gasteiger partial charge in [0.1, 0.15) is 0 Å². The standard InChI is InChI=1S/C13H20N2O3/c16-7-13(8-17,9-18)15-6-11-3-1-2-10-4-5-14-12(10)11/h1-3,14-18H,4-9H2. The molecule has 5 N–H and O–H groups in total. The summed E-state index contributed by atoms with van der Waals surface area (Å²) in [6.07, 6.45) is 1.02. The lowest BCUT2D eigenvalue weighted by Crippen LogP contribution is -2.54. The van der Waals surface area contributed by atoms with Gasteiger partial charge in [0.25, 0.3) is 0 Å². The second-order valence-electron chi connectivity index (χ2n) is 4.74. The zero-order chi connectivity index (χ0) is 13.0. The number of benzene rings is 1. The lowest BCUT2D eigenvalue weighted by atomic mass is 10.0. The van der Waals surface area contributed by atoms with Gasteiger partial charge in [-0.15, -0.1) is 0 Å². The van der Waals surface area contributed by atoms with Crippen molar-refractivity contribution in [3.63, 3.8) is 0 Å². The molecule has 1 aromatic rings. The number of aliphatic hydroxyl groups excluding tert-OH is 3. The summed E-state index contributed by atoms with van der Waals surface area (Å²) >= 11 is 0. The van der Waals surface area contributed by atoms with Crippen molar-refractivity contribution in [1.29, 1.82) is 0 Å². The van der Waals surface area contributed by atoms with Gasteiger partial charge >= 0.3 is 0 Å². The van der Waals surface area contributed by atoms with Crippen LogP contribution in [0.15, 0.2) is 18.2 Å². The highest BCUT2D eigenvalue weighted by Gasteiger charge is 2.27. The van der Waals surface area contributed by atoms with Crippen LogP contribution in [0.4, 0.5) is 5.69 Å². The largest absolute Gasteiger partial charge is 0.394 e. The van der Waals surface area contributed by atoms with Crippen molar-refractivity contribution in [1.82, 2.24) is 5.32 Å². The fourth-order valence-corrected chi connectivity index (χ4v) is 2.16. The van der Waals surface area contributed by atoms with E-state index in [0.29, 0.717) is 6.54 Å². The smallest absolute Gasteiger partial charge is 0.0884 e. The number of anilines is 1. The van der Waals surface area contributed by atoms with Gasteiger partial charge < -0.3 is 26.0 Å². The normalized spacial score (nSPS) is 14.4. The van der Waals surface area contributed by atoms with Crippen molar-refractivity contribution in [2.45, 2.75) is 18.5 Å². The summed E-state index contributed by atoms with van der Waals surface area (Å²) in [4.78, 5) is 0. The molecule has 0 radical (unpaired) electrons. The Bertz CT molecular complexity index is 397. The van der Waals surface area contributed by atoms with Gasteiger partial charge in [-0.3, -0.25) is 0 Å². The molecule has 0 spiro atoms. The minimum atomic E-state index is -1.03. The quantitative estimate of drug-likeness (QED) is 0.469. The molecule has 0 aromatic heterocycles. The van der Waals surface area contributed by atoms with Crippen LogP contribution in [-0.2, 0) is 13.0 Å². The zero-order valence-corrected chi connectivity index (χ0v) is 10.3. The van der Waals surface area contributed by atoms with E-state index in [2.05, 4.69) is 16.7 Å². The van der Waals surface area contributed by atoms with Gasteiger partial charge in [-0.2, -0.15) is 0 Å². The van der Waals surface area contributed by atoms with E-state index in [4.69, 9.17) is 0 Å². The van der Waals surface area contributed by atoms with Gasteiger partial charge in [0.05, 0.1) is 25.4 Å². The Kier molecular flexibility index (Phi) is 4.19. The third-order valence-electron chi connectivity index (χ3n) is 3.49. The van der Waals surface area contributed by atoms with E-state index in [9.17, 15) is 15.3 Å². The molecular weight excluding hydrogens is 232 g/mol. The Morgan fingerprint density at radius 1 is 1.17 bits per heavy atom. The van der Waals surface area contributed by atoms with E-state index in [-0.39, 0.29) is 19.8 Å². The highest BCUT2D eigenvalue weighted by atomic mass is 16.3. The van der Waals surface area contributed by atoms with Crippen molar-refractivity contribution in [2.24, 2.45) is 0 Å². The average Bonchev–Trinajstić information content (AvgIpc) is 2.90. The highest BCUT2D eigenvalue weighted by molar-refractivity contribution is 5.61. The van der Waals surface area contributed by atoms with Crippen molar-refractivity contribution in [3.8, 4) is 0 Å². The van der Waals surface area contributed by atoms with E-state index >= 15 is 0 Å². The summed E-state index contributed by atoms with van der Waals surface area (Å²) in [5.41, 5.74) is 2.48. The number of nitrogens with one attached hydrogen (secondary N) is 2. The van der Waals surface area contributed by atoms with Crippen molar-refractivity contribution in [2.75, 3.05) is 31.7 Å². The summed E-state index contributed by atoms with van der Waals surface area (Å²) in [5, 5.41) is 34.1. The molecule has 1 aliphatic heterocycles. The summed E-state index contributed by atoms with van der Waals surface area (Å²) < 4.78 is 0. The zero-order valence-electron chi connectivity index (χ0n) is 10.3. The molecule has 0 bridgehead atoms. The molecule has 0 saturated heterocycles. The topological polar surface area (TPSA) is 84.8 Å². The van der Waals surface area contributed by atoms with Gasteiger partial charge in [-0.1, -0.05) is 18.2 Å². The van der Waals surface area contributed by atoms with Crippen LogP contribution in [0.2, 0.25) is 0 Å². The van der Waals surface area contributed by atoms with Gasteiger partial charge in [0.2, 0.25) is 0 Å². The Morgan fingerprint density at radius 2 is 1.89 bits per heavy atom. The Labute approximate surface area is 106 Å². The highest BCUT2D eigenvalue weighted by Crippen LogP contribution is 2.26. The molecule has 0 amide bonds. The van der Waals surface area contributed by atoms with Crippen molar-refractivity contribution < 1.29 is 15.3 Å². The molecular formula is C13H20N2O3. The third kappa shape index (κ3) is 2.49. The fraction of sp³-hybridized carbons (Fsp3) is 0.538. The predicted molar refractivity (Wildman–Crippen MR) is 69.5 cm³/mol. The first-order valence-corrected chi connectivity index (χ1v) is 6.17. The number of hydrogen-bond donors (Lipinski definition) is 5. The van der Waals surface area contributed by atoms with Gasteiger partial charge in [0.15, 0.2) is 0 Å². The number of para-hydroxylation sites is 1. The minimum Gasteiger partial charge on any atom is -0.394 e. The molecule has 5 nitrogen and oxygen atoms in total. The van der Waals surface area contributed by atoms with E-state index < -0.39 is 5.54 Å². The van der Waals surface area contributed by atoms with E-state index in [1.807, 2.05) is 12.1 Å². The maximum Gasteiger partial charge on any atom is 0.0884 e. The van der Waals surface area contributed by atoms with Crippen LogP contribution in [0.3, 0.4) is 0 Å². The van der Waals surface area contributed by atoms with Gasteiger partial charge in [-0.05, 0) is 17.5 Å². The van der Waals surface area contributed by atoms with Crippen LogP contribution < -0.4 is 10.6 Å². The van der Waals surface area contributed by atoms with E-state index in [0.717, 1.165) is 24.2 Å². The maximum absolute atomic E-state index is 9.25. The number of rotatable bonds is 6. The molecule has 1 aromatic carbocycles. The number of hydrogen-bond acceptors (Lipinski definition) is 5. The number of fused-ring (bicyclic) bond motifs is 1. The molecule has 18 heavy (non-hydrogen) atoms. The predicted octanol–water partition coefficient (Wildman–Crippen LogP) is -0.540. The molecule has 2 rings (SSSR count). The molecule has 1 aliphatic rings. The van der Waals surface area contributed by atoms with Crippen molar-refractivity contribution in [3.05, 3.63) is 29.3 Å². The molecule has 0 saturated carbocycles. The minimum absolute atomic E-state index is 0.303. The second kappa shape index (κ2) is 5.67. The molecule has 0 fully saturated rings. The summed E-state index contributed by atoms with van der Waals surface area (Å²) in [6.45, 7) is 0.530. The van der Waals surface area contributed by atoms with Crippen LogP contribution in [0.1, 0.15) is 11.1 Å². The Hall–Kier alpha value is -1.14. The second-order valence-corrected chi connectivity index (χ2v) is 4.74. The molecule has 0 unspecified atom stereocenters. The molecule has 100 valence electrons. The van der Waals surface area contributed by atoms with Crippen LogP contribution >= 0.6 is 0 Å². The van der Waals surface area contributed by atoms with Crippen LogP contribution in [0, 0.1) is 0 Å². The molecule has 1 heterocycles. The fourth-order valence-electron chi connectivity index (χ4n) is 2.16. The Morgan fingerprint density at radius 3 is 2.56 bits per heavy atom. The molecule has 0 atom stereocenters. The molecule has 0 aliphatic carbocycles. The Balaban J connectivity index is 2.09. The number of aliphatic hydroxyl groups is 3. The average molecular weight is 252 g/mol. The lowest BCUT2D eigenvalue weighted by Gasteiger charge is -2.29. The SMILES string of the molecule is OCC(CO)(CO)NCc1cccc2c1NCC2. The maximum atomic E-state index is 9.25. The van der Waals surface area contributed by atoms with Gasteiger partial charge in [-0.25, -0.2) is 0 Å². The van der Waals surface area contributed by atoms with Crippen LogP contribution in [0.25, 0.3) is 0 Å². The first kappa shape index (κ1) is 13.3.